The van der Waals surface area contributed by atoms with Crippen LogP contribution in [0.2, 0.25) is 0 Å². The van der Waals surface area contributed by atoms with Crippen LogP contribution in [0, 0.1) is 0 Å². The average Bonchev–Trinajstić information content (AvgIpc) is 3.47. The predicted molar refractivity (Wildman–Crippen MR) is 121 cm³/mol. The Morgan fingerprint density at radius 1 is 1.18 bits per heavy atom. The van der Waals surface area contributed by atoms with Gasteiger partial charge in [0.05, 0.1) is 12.5 Å². The number of hydrogen-bond acceptors (Lipinski definition) is 10. The number of carbonyl (C=O) groups is 6. The van der Waals surface area contributed by atoms with Gasteiger partial charge < -0.3 is 25.2 Å². The number of benzene rings is 1. The van der Waals surface area contributed by atoms with Gasteiger partial charge in [-0.15, -0.1) is 0 Å². The molecule has 0 radical (unpaired) electrons. The van der Waals surface area contributed by atoms with Gasteiger partial charge in [-0.3, -0.25) is 33.9 Å². The van der Waals surface area contributed by atoms with Gasteiger partial charge in [-0.1, -0.05) is 30.3 Å². The van der Waals surface area contributed by atoms with Gasteiger partial charge in [0.15, 0.2) is 6.04 Å². The number of hydroxylamine groups is 2. The third-order valence-electron chi connectivity index (χ3n) is 6.33. The molecule has 2 N–H and O–H groups in total. The minimum Gasteiger partial charge on any atom is -0.860 e. The SMILES string of the molecule is CCN1CCN(C(=O)N[C@@H](C([O-])=N[C@H]2CON(C3(C(=O)O)CCC(=O)O3)C2=O)c2ccccc2)C(=O)C1=O.[Na+]. The summed E-state index contributed by atoms with van der Waals surface area (Å²) in [7, 11) is 0. The van der Waals surface area contributed by atoms with E-state index in [-0.39, 0.29) is 61.1 Å². The number of piperazine rings is 1. The summed E-state index contributed by atoms with van der Waals surface area (Å²) in [5, 5.41) is 25.6. The van der Waals surface area contributed by atoms with E-state index in [0.29, 0.717) is 16.5 Å². The Morgan fingerprint density at radius 2 is 1.87 bits per heavy atom. The first-order valence-electron chi connectivity index (χ1n) is 11.7. The second kappa shape index (κ2) is 12.1. The Morgan fingerprint density at radius 3 is 2.46 bits per heavy atom. The van der Waals surface area contributed by atoms with E-state index in [1.54, 1.807) is 25.1 Å². The van der Waals surface area contributed by atoms with E-state index < -0.39 is 66.0 Å². The van der Waals surface area contributed by atoms with E-state index in [1.807, 2.05) is 0 Å². The molecule has 202 valence electrons. The molecule has 0 aromatic heterocycles. The molecule has 3 aliphatic heterocycles. The van der Waals surface area contributed by atoms with Gasteiger partial charge in [0.25, 0.3) is 5.91 Å². The summed E-state index contributed by atoms with van der Waals surface area (Å²) in [6.07, 6.45) is -0.607. The normalized spacial score (nSPS) is 24.4. The summed E-state index contributed by atoms with van der Waals surface area (Å²) in [5.74, 6) is -6.38. The van der Waals surface area contributed by atoms with Gasteiger partial charge in [0.1, 0.15) is 6.61 Å². The van der Waals surface area contributed by atoms with E-state index >= 15 is 0 Å². The minimum absolute atomic E-state index is 0. The number of amides is 5. The van der Waals surface area contributed by atoms with E-state index in [9.17, 15) is 39.0 Å². The van der Waals surface area contributed by atoms with Crippen molar-refractivity contribution in [3.8, 4) is 0 Å². The molecule has 0 bridgehead atoms. The number of aliphatic carboxylic acids is 1. The van der Waals surface area contributed by atoms with Crippen molar-refractivity contribution >= 4 is 41.6 Å². The van der Waals surface area contributed by atoms with Gasteiger partial charge in [-0.25, -0.2) is 9.59 Å². The molecule has 3 aliphatic rings. The zero-order valence-corrected chi connectivity index (χ0v) is 23.2. The molecule has 3 atom stereocenters. The van der Waals surface area contributed by atoms with Crippen molar-refractivity contribution in [2.24, 2.45) is 4.99 Å². The summed E-state index contributed by atoms with van der Waals surface area (Å²) < 4.78 is 4.88. The van der Waals surface area contributed by atoms with E-state index in [1.165, 1.54) is 17.0 Å². The first-order chi connectivity index (χ1) is 18.1. The molecular formula is C23H24N5NaO10. The number of likely N-dealkylation sites (N-methyl/N-ethyl adjacent to an activating group) is 1. The van der Waals surface area contributed by atoms with E-state index in [4.69, 9.17) is 9.57 Å². The number of ether oxygens (including phenoxy) is 1. The molecule has 15 nitrogen and oxygen atoms in total. The van der Waals surface area contributed by atoms with Crippen LogP contribution in [-0.4, -0.2) is 99.6 Å². The van der Waals surface area contributed by atoms with E-state index in [2.05, 4.69) is 10.3 Å². The minimum atomic E-state index is -2.37. The van der Waals surface area contributed by atoms with Crippen LogP contribution in [0.15, 0.2) is 35.3 Å². The molecule has 0 aliphatic carbocycles. The zero-order chi connectivity index (χ0) is 27.6. The number of hydrogen-bond donors (Lipinski definition) is 2. The molecule has 3 fully saturated rings. The van der Waals surface area contributed by atoms with Crippen LogP contribution in [0.1, 0.15) is 31.4 Å². The molecule has 0 spiro atoms. The Bertz CT molecular complexity index is 1210. The molecule has 1 unspecified atom stereocenters. The fourth-order valence-electron chi connectivity index (χ4n) is 4.27. The predicted octanol–water partition coefficient (Wildman–Crippen LogP) is -4.85. The number of carboxylic acid groups (broad SMARTS) is 1. The summed E-state index contributed by atoms with van der Waals surface area (Å²) in [6, 6.07) is 3.92. The molecular weight excluding hydrogens is 529 g/mol. The van der Waals surface area contributed by atoms with Gasteiger partial charge in [0, 0.05) is 26.1 Å². The molecule has 4 rings (SSSR count). The van der Waals surface area contributed by atoms with Crippen LogP contribution in [0.4, 0.5) is 4.79 Å². The maximum absolute atomic E-state index is 13.2. The number of rotatable bonds is 7. The van der Waals surface area contributed by atoms with Crippen molar-refractivity contribution < 1.29 is 78.1 Å². The van der Waals surface area contributed by atoms with E-state index in [0.717, 1.165) is 0 Å². The number of esters is 1. The summed E-state index contributed by atoms with van der Waals surface area (Å²) in [5.41, 5.74) is -2.10. The molecule has 3 saturated heterocycles. The number of imide groups is 1. The van der Waals surface area contributed by atoms with Crippen LogP contribution in [0.3, 0.4) is 0 Å². The van der Waals surface area contributed by atoms with Crippen LogP contribution < -0.4 is 40.0 Å². The van der Waals surface area contributed by atoms with Crippen LogP contribution in [0.5, 0.6) is 0 Å². The van der Waals surface area contributed by atoms with Crippen molar-refractivity contribution in [3.63, 3.8) is 0 Å². The van der Waals surface area contributed by atoms with Crippen molar-refractivity contribution in [2.45, 2.75) is 37.6 Å². The molecule has 16 heteroatoms. The largest absolute Gasteiger partial charge is 1.00 e. The second-order valence-corrected chi connectivity index (χ2v) is 8.61. The standard InChI is InChI=1S/C23H25N5O10.Na/c1-2-26-10-11-27(20(33)19(26)32)22(36)25-16(13-6-4-3-5-7-13)17(30)24-14-12-37-28(18(14)31)23(21(34)35)9-8-15(29)38-23;/h3-7,14,16H,2,8-12H2,1H3,(H,24,30)(H,25,36)(H,34,35);/q;+1/p-1/t14-,16+,23?;/m0./s1. The van der Waals surface area contributed by atoms with Gasteiger partial charge >= 0.3 is 65.1 Å². The topological polar surface area (TPSA) is 198 Å². The van der Waals surface area contributed by atoms with Crippen molar-refractivity contribution in [1.29, 1.82) is 0 Å². The summed E-state index contributed by atoms with van der Waals surface area (Å²) in [4.78, 5) is 84.9. The zero-order valence-electron chi connectivity index (χ0n) is 21.2. The number of nitrogens with one attached hydrogen (secondary N) is 1. The second-order valence-electron chi connectivity index (χ2n) is 8.61. The van der Waals surface area contributed by atoms with Crippen molar-refractivity contribution in [3.05, 3.63) is 35.9 Å². The Labute approximate surface area is 243 Å². The van der Waals surface area contributed by atoms with Crippen LogP contribution >= 0.6 is 0 Å². The molecule has 5 amide bonds. The van der Waals surface area contributed by atoms with Crippen molar-refractivity contribution in [2.75, 3.05) is 26.2 Å². The van der Waals surface area contributed by atoms with Crippen molar-refractivity contribution in [1.82, 2.24) is 20.2 Å². The number of aliphatic imine (C=N–C) groups is 1. The number of urea groups is 1. The molecule has 3 heterocycles. The maximum Gasteiger partial charge on any atom is 1.00 e. The van der Waals surface area contributed by atoms with Crippen LogP contribution in [0.25, 0.3) is 0 Å². The maximum atomic E-state index is 13.2. The molecule has 0 saturated carbocycles. The van der Waals surface area contributed by atoms with Gasteiger partial charge in [-0.05, 0) is 18.4 Å². The molecule has 39 heavy (non-hydrogen) atoms. The Kier molecular flexibility index (Phi) is 9.32. The average molecular weight is 553 g/mol. The number of nitrogens with zero attached hydrogens (tertiary/aromatic N) is 4. The molecule has 1 aromatic carbocycles. The third kappa shape index (κ3) is 5.75. The number of carboxylic acids is 1. The smallest absolute Gasteiger partial charge is 0.860 e. The number of carbonyl (C=O) groups excluding carboxylic acids is 5. The summed E-state index contributed by atoms with van der Waals surface area (Å²) >= 11 is 0. The summed E-state index contributed by atoms with van der Waals surface area (Å²) in [6.45, 7) is 1.51. The fraction of sp³-hybridized carbons (Fsp3) is 0.435. The first kappa shape index (κ1) is 30.0. The van der Waals surface area contributed by atoms with Gasteiger partial charge in [0.2, 0.25) is 0 Å². The third-order valence-corrected chi connectivity index (χ3v) is 6.33. The Hall–Kier alpha value is -3.53. The van der Waals surface area contributed by atoms with Crippen LogP contribution in [-0.2, 0) is 33.5 Å². The monoisotopic (exact) mass is 553 g/mol. The first-order valence-corrected chi connectivity index (χ1v) is 11.7. The fourth-order valence-corrected chi connectivity index (χ4v) is 4.27. The Balaban J connectivity index is 0.00000420. The van der Waals surface area contributed by atoms with Gasteiger partial charge in [-0.2, -0.15) is 5.06 Å². The quantitative estimate of drug-likeness (QED) is 0.109. The number of cyclic esters (lactones) is 1. The molecule has 1 aromatic rings.